The number of amides is 1. The molecule has 0 aliphatic rings. The second-order valence-corrected chi connectivity index (χ2v) is 5.93. The van der Waals surface area contributed by atoms with E-state index in [4.69, 9.17) is 10.5 Å². The summed E-state index contributed by atoms with van der Waals surface area (Å²) in [5, 5.41) is 2.83. The minimum atomic E-state index is -0.496. The van der Waals surface area contributed by atoms with Crippen molar-refractivity contribution in [3.05, 3.63) is 65.7 Å². The predicted molar refractivity (Wildman–Crippen MR) is 92.8 cm³/mol. The minimum Gasteiger partial charge on any atom is -0.372 e. The average molecular weight is 312 g/mol. The van der Waals surface area contributed by atoms with Gasteiger partial charge in [-0.15, -0.1) is 0 Å². The molecule has 2 rings (SSSR count). The fourth-order valence-electron chi connectivity index (χ4n) is 2.07. The lowest BCUT2D eigenvalue weighted by Crippen LogP contribution is -2.39. The number of hydrogen-bond donors (Lipinski definition) is 2. The van der Waals surface area contributed by atoms with Crippen molar-refractivity contribution in [3.8, 4) is 0 Å². The van der Waals surface area contributed by atoms with Gasteiger partial charge in [0.15, 0.2) is 0 Å². The predicted octanol–water partition coefficient (Wildman–Crippen LogP) is 3.33. The van der Waals surface area contributed by atoms with Crippen molar-refractivity contribution in [1.29, 1.82) is 0 Å². The highest BCUT2D eigenvalue weighted by Crippen LogP contribution is 2.12. The molecule has 4 nitrogen and oxygen atoms in total. The highest BCUT2D eigenvalue weighted by molar-refractivity contribution is 5.94. The number of carbonyl (C=O) groups is 1. The van der Waals surface area contributed by atoms with Gasteiger partial charge in [0.1, 0.15) is 0 Å². The zero-order valence-corrected chi connectivity index (χ0v) is 13.7. The lowest BCUT2D eigenvalue weighted by molar-refractivity contribution is -0.118. The lowest BCUT2D eigenvalue weighted by atomic mass is 10.0. The van der Waals surface area contributed by atoms with E-state index in [9.17, 15) is 4.79 Å². The van der Waals surface area contributed by atoms with E-state index in [1.807, 2.05) is 68.4 Å². The first-order valence-electron chi connectivity index (χ1n) is 7.83. The standard InChI is InChI=1S/C19H24N2O2/c1-14(2)18(20)19(22)21-17-10-8-16(9-11-17)13-23-12-15-6-4-3-5-7-15/h3-11,14,18H,12-13,20H2,1-2H3,(H,21,22)/t18-/m0/s1. The zero-order chi connectivity index (χ0) is 16.7. The Morgan fingerprint density at radius 1 is 1.00 bits per heavy atom. The normalized spacial score (nSPS) is 12.2. The molecular weight excluding hydrogens is 288 g/mol. The average Bonchev–Trinajstić information content (AvgIpc) is 2.56. The summed E-state index contributed by atoms with van der Waals surface area (Å²) in [7, 11) is 0. The van der Waals surface area contributed by atoms with E-state index in [0.29, 0.717) is 13.2 Å². The molecule has 1 amide bonds. The first-order valence-corrected chi connectivity index (χ1v) is 7.83. The van der Waals surface area contributed by atoms with Crippen LogP contribution in [0, 0.1) is 5.92 Å². The molecule has 0 aliphatic heterocycles. The van der Waals surface area contributed by atoms with Gasteiger partial charge in [-0.3, -0.25) is 4.79 Å². The van der Waals surface area contributed by atoms with E-state index in [1.54, 1.807) is 0 Å². The van der Waals surface area contributed by atoms with Crippen molar-refractivity contribution in [2.45, 2.75) is 33.1 Å². The fourth-order valence-corrected chi connectivity index (χ4v) is 2.07. The Morgan fingerprint density at radius 2 is 1.57 bits per heavy atom. The molecule has 3 N–H and O–H groups in total. The molecule has 4 heteroatoms. The molecule has 0 radical (unpaired) electrons. The van der Waals surface area contributed by atoms with Crippen LogP contribution in [-0.2, 0) is 22.7 Å². The largest absolute Gasteiger partial charge is 0.372 e. The summed E-state index contributed by atoms with van der Waals surface area (Å²) in [6, 6.07) is 17.2. The van der Waals surface area contributed by atoms with E-state index >= 15 is 0 Å². The van der Waals surface area contributed by atoms with Gasteiger partial charge in [-0.2, -0.15) is 0 Å². The van der Waals surface area contributed by atoms with Crippen LogP contribution in [0.25, 0.3) is 0 Å². The summed E-state index contributed by atoms with van der Waals surface area (Å²) in [5.41, 5.74) is 8.79. The summed E-state index contributed by atoms with van der Waals surface area (Å²) < 4.78 is 5.69. The van der Waals surface area contributed by atoms with E-state index < -0.39 is 6.04 Å². The Balaban J connectivity index is 1.81. The number of benzene rings is 2. The number of anilines is 1. The Morgan fingerprint density at radius 3 is 2.13 bits per heavy atom. The van der Waals surface area contributed by atoms with Crippen LogP contribution in [0.5, 0.6) is 0 Å². The number of carbonyl (C=O) groups excluding carboxylic acids is 1. The molecule has 0 spiro atoms. The topological polar surface area (TPSA) is 64.4 Å². The fraction of sp³-hybridized carbons (Fsp3) is 0.316. The van der Waals surface area contributed by atoms with Gasteiger partial charge in [-0.05, 0) is 29.2 Å². The molecule has 1 atom stereocenters. The van der Waals surface area contributed by atoms with Crippen LogP contribution in [0.1, 0.15) is 25.0 Å². The molecule has 0 aliphatic carbocycles. The Bertz CT molecular complexity index is 609. The van der Waals surface area contributed by atoms with Crippen molar-refractivity contribution in [1.82, 2.24) is 0 Å². The maximum Gasteiger partial charge on any atom is 0.241 e. The molecule has 0 saturated carbocycles. The SMILES string of the molecule is CC(C)[C@H](N)C(=O)Nc1ccc(COCc2ccccc2)cc1. The second-order valence-electron chi connectivity index (χ2n) is 5.93. The summed E-state index contributed by atoms with van der Waals surface area (Å²) >= 11 is 0. The van der Waals surface area contributed by atoms with Crippen LogP contribution in [-0.4, -0.2) is 11.9 Å². The lowest BCUT2D eigenvalue weighted by Gasteiger charge is -2.15. The molecule has 0 aromatic heterocycles. The van der Waals surface area contributed by atoms with Crippen molar-refractivity contribution < 1.29 is 9.53 Å². The number of nitrogens with two attached hydrogens (primary N) is 1. The van der Waals surface area contributed by atoms with Crippen LogP contribution in [0.15, 0.2) is 54.6 Å². The number of ether oxygens (including phenoxy) is 1. The molecule has 0 unspecified atom stereocenters. The quantitative estimate of drug-likeness (QED) is 0.824. The number of hydrogen-bond acceptors (Lipinski definition) is 3. The van der Waals surface area contributed by atoms with E-state index in [2.05, 4.69) is 5.32 Å². The molecular formula is C19H24N2O2. The highest BCUT2D eigenvalue weighted by atomic mass is 16.5. The van der Waals surface area contributed by atoms with Crippen molar-refractivity contribution in [2.24, 2.45) is 11.7 Å². The third-order valence-corrected chi connectivity index (χ3v) is 3.62. The van der Waals surface area contributed by atoms with Gasteiger partial charge in [0.2, 0.25) is 5.91 Å². The third-order valence-electron chi connectivity index (χ3n) is 3.62. The molecule has 2 aromatic rings. The molecule has 0 heterocycles. The van der Waals surface area contributed by atoms with Crippen LogP contribution in [0.3, 0.4) is 0 Å². The molecule has 23 heavy (non-hydrogen) atoms. The van der Waals surface area contributed by atoms with Crippen molar-refractivity contribution >= 4 is 11.6 Å². The summed E-state index contributed by atoms with van der Waals surface area (Å²) in [4.78, 5) is 11.9. The van der Waals surface area contributed by atoms with Gasteiger partial charge in [0.05, 0.1) is 19.3 Å². The smallest absolute Gasteiger partial charge is 0.241 e. The Kier molecular flexibility index (Phi) is 6.32. The molecule has 0 saturated heterocycles. The van der Waals surface area contributed by atoms with Gasteiger partial charge < -0.3 is 15.8 Å². The maximum absolute atomic E-state index is 11.9. The van der Waals surface area contributed by atoms with E-state index in [-0.39, 0.29) is 11.8 Å². The Hall–Kier alpha value is -2.17. The van der Waals surface area contributed by atoms with E-state index in [1.165, 1.54) is 0 Å². The van der Waals surface area contributed by atoms with Crippen LogP contribution < -0.4 is 11.1 Å². The molecule has 0 bridgehead atoms. The number of nitrogens with one attached hydrogen (secondary N) is 1. The zero-order valence-electron chi connectivity index (χ0n) is 13.7. The number of rotatable bonds is 7. The van der Waals surface area contributed by atoms with Crippen LogP contribution >= 0.6 is 0 Å². The van der Waals surface area contributed by atoms with Crippen molar-refractivity contribution in [3.63, 3.8) is 0 Å². The minimum absolute atomic E-state index is 0.112. The van der Waals surface area contributed by atoms with Gasteiger partial charge in [0.25, 0.3) is 0 Å². The summed E-state index contributed by atoms with van der Waals surface area (Å²) in [6.07, 6.45) is 0. The van der Waals surface area contributed by atoms with Gasteiger partial charge >= 0.3 is 0 Å². The summed E-state index contributed by atoms with van der Waals surface area (Å²) in [5.74, 6) is -0.0475. The van der Waals surface area contributed by atoms with Gasteiger partial charge in [-0.1, -0.05) is 56.3 Å². The van der Waals surface area contributed by atoms with Crippen molar-refractivity contribution in [2.75, 3.05) is 5.32 Å². The van der Waals surface area contributed by atoms with Gasteiger partial charge in [0, 0.05) is 5.69 Å². The third kappa shape index (κ3) is 5.51. The van der Waals surface area contributed by atoms with Crippen LogP contribution in [0.4, 0.5) is 5.69 Å². The maximum atomic E-state index is 11.9. The molecule has 2 aromatic carbocycles. The van der Waals surface area contributed by atoms with Crippen LogP contribution in [0.2, 0.25) is 0 Å². The van der Waals surface area contributed by atoms with Gasteiger partial charge in [-0.25, -0.2) is 0 Å². The first kappa shape index (κ1) is 17.2. The molecule has 0 fully saturated rings. The molecule has 122 valence electrons. The summed E-state index contributed by atoms with van der Waals surface area (Å²) in [6.45, 7) is 4.98. The first-order chi connectivity index (χ1) is 11.1. The van der Waals surface area contributed by atoms with E-state index in [0.717, 1.165) is 16.8 Å². The Labute approximate surface area is 137 Å². The highest BCUT2D eigenvalue weighted by Gasteiger charge is 2.16. The monoisotopic (exact) mass is 312 g/mol. The second kappa shape index (κ2) is 8.46.